The van der Waals surface area contributed by atoms with Gasteiger partial charge in [0.15, 0.2) is 17.7 Å². The van der Waals surface area contributed by atoms with E-state index in [-0.39, 0.29) is 18.1 Å². The zero-order chi connectivity index (χ0) is 15.2. The minimum Gasteiger partial charge on any atom is -0.486 e. The number of aromatic nitrogens is 1. The molecule has 2 rings (SSSR count). The van der Waals surface area contributed by atoms with E-state index in [1.54, 1.807) is 6.92 Å². The van der Waals surface area contributed by atoms with Crippen LogP contribution in [0.1, 0.15) is 32.0 Å². The zero-order valence-electron chi connectivity index (χ0n) is 11.8. The molecule has 0 saturated heterocycles. The normalized spacial score (nSPS) is 10.0. The average Bonchev–Trinajstić information content (AvgIpc) is 2.53. The summed E-state index contributed by atoms with van der Waals surface area (Å²) in [5.74, 6) is -0.325. The van der Waals surface area contributed by atoms with E-state index >= 15 is 0 Å². The van der Waals surface area contributed by atoms with Crippen LogP contribution in [0.5, 0.6) is 5.75 Å². The van der Waals surface area contributed by atoms with Crippen molar-refractivity contribution in [1.82, 2.24) is 4.98 Å². The van der Waals surface area contributed by atoms with Crippen LogP contribution in [-0.4, -0.2) is 24.3 Å². The molecule has 0 aliphatic heterocycles. The van der Waals surface area contributed by atoms with E-state index in [1.807, 2.05) is 30.3 Å². The molecule has 2 aromatic rings. The molecular formula is C16H15NO4. The predicted molar refractivity (Wildman–Crippen MR) is 76.5 cm³/mol. The van der Waals surface area contributed by atoms with Gasteiger partial charge in [-0.25, -0.2) is 9.78 Å². The van der Waals surface area contributed by atoms with E-state index < -0.39 is 5.97 Å². The van der Waals surface area contributed by atoms with Crippen molar-refractivity contribution in [2.24, 2.45) is 0 Å². The Morgan fingerprint density at radius 2 is 2.00 bits per heavy atom. The van der Waals surface area contributed by atoms with Gasteiger partial charge in [-0.15, -0.1) is 0 Å². The number of carbonyl (C=O) groups excluding carboxylic acids is 2. The van der Waals surface area contributed by atoms with Crippen molar-refractivity contribution in [3.63, 3.8) is 0 Å². The number of aldehydes is 1. The van der Waals surface area contributed by atoms with Gasteiger partial charge in [0.05, 0.1) is 7.11 Å². The second kappa shape index (κ2) is 6.65. The molecule has 1 aromatic carbocycles. The van der Waals surface area contributed by atoms with Gasteiger partial charge in [0.2, 0.25) is 0 Å². The molecule has 1 aromatic heterocycles. The molecule has 21 heavy (non-hydrogen) atoms. The standard InChI is InChI=1S/C16H15NO4/c1-11-13(9-18)8-17-14(16(19)20-2)15(11)21-10-12-6-4-3-5-7-12/h3-9H,10H2,1-2H3. The van der Waals surface area contributed by atoms with Crippen molar-refractivity contribution in [2.75, 3.05) is 7.11 Å². The van der Waals surface area contributed by atoms with E-state index in [0.717, 1.165) is 5.56 Å². The number of benzene rings is 1. The summed E-state index contributed by atoms with van der Waals surface area (Å²) in [7, 11) is 1.27. The minimum atomic E-state index is -0.599. The minimum absolute atomic E-state index is 0.0662. The van der Waals surface area contributed by atoms with Gasteiger partial charge in [-0.05, 0) is 12.5 Å². The molecule has 5 heteroatoms. The number of methoxy groups -OCH3 is 1. The second-order valence-electron chi connectivity index (χ2n) is 4.40. The highest BCUT2D eigenvalue weighted by atomic mass is 16.5. The van der Waals surface area contributed by atoms with E-state index in [0.29, 0.717) is 17.4 Å². The zero-order valence-corrected chi connectivity index (χ0v) is 11.8. The molecule has 0 amide bonds. The van der Waals surface area contributed by atoms with Crippen molar-refractivity contribution < 1.29 is 19.1 Å². The Bertz CT molecular complexity index is 653. The summed E-state index contributed by atoms with van der Waals surface area (Å²) >= 11 is 0. The molecule has 0 aliphatic carbocycles. The number of rotatable bonds is 5. The van der Waals surface area contributed by atoms with Crippen LogP contribution in [0, 0.1) is 6.92 Å². The molecule has 0 aliphatic rings. The third-order valence-electron chi connectivity index (χ3n) is 3.05. The molecule has 108 valence electrons. The van der Waals surface area contributed by atoms with Crippen molar-refractivity contribution in [1.29, 1.82) is 0 Å². The number of hydrogen-bond donors (Lipinski definition) is 0. The molecule has 0 radical (unpaired) electrons. The summed E-state index contributed by atoms with van der Waals surface area (Å²) in [5.41, 5.74) is 1.96. The fourth-order valence-electron chi connectivity index (χ4n) is 1.87. The van der Waals surface area contributed by atoms with E-state index in [4.69, 9.17) is 4.74 Å². The molecular weight excluding hydrogens is 270 g/mol. The topological polar surface area (TPSA) is 65.5 Å². The summed E-state index contributed by atoms with van der Waals surface area (Å²) < 4.78 is 10.4. The first-order chi connectivity index (χ1) is 10.2. The van der Waals surface area contributed by atoms with Crippen LogP contribution >= 0.6 is 0 Å². The van der Waals surface area contributed by atoms with Crippen molar-refractivity contribution in [3.8, 4) is 5.75 Å². The largest absolute Gasteiger partial charge is 0.486 e. The summed E-state index contributed by atoms with van der Waals surface area (Å²) in [6.07, 6.45) is 2.02. The van der Waals surface area contributed by atoms with Crippen LogP contribution < -0.4 is 4.74 Å². The van der Waals surface area contributed by atoms with Gasteiger partial charge in [0.25, 0.3) is 0 Å². The molecule has 0 fully saturated rings. The smallest absolute Gasteiger partial charge is 0.360 e. The summed E-state index contributed by atoms with van der Waals surface area (Å²) in [6, 6.07) is 9.51. The number of hydrogen-bond acceptors (Lipinski definition) is 5. The van der Waals surface area contributed by atoms with Crippen LogP contribution in [0.4, 0.5) is 0 Å². The van der Waals surface area contributed by atoms with Crippen LogP contribution in [0.25, 0.3) is 0 Å². The Morgan fingerprint density at radius 1 is 1.29 bits per heavy atom. The number of esters is 1. The van der Waals surface area contributed by atoms with Crippen molar-refractivity contribution in [3.05, 3.63) is 58.9 Å². The van der Waals surface area contributed by atoms with Crippen LogP contribution in [0.15, 0.2) is 36.5 Å². The lowest BCUT2D eigenvalue weighted by Crippen LogP contribution is -2.11. The molecule has 0 N–H and O–H groups in total. The Hall–Kier alpha value is -2.69. The highest BCUT2D eigenvalue weighted by molar-refractivity contribution is 5.92. The number of ether oxygens (including phenoxy) is 2. The maximum absolute atomic E-state index is 11.7. The maximum Gasteiger partial charge on any atom is 0.360 e. The van der Waals surface area contributed by atoms with E-state index in [2.05, 4.69) is 9.72 Å². The molecule has 0 spiro atoms. The first-order valence-corrected chi connectivity index (χ1v) is 6.37. The average molecular weight is 285 g/mol. The molecule has 0 saturated carbocycles. The van der Waals surface area contributed by atoms with Gasteiger partial charge in [-0.2, -0.15) is 0 Å². The maximum atomic E-state index is 11.7. The Kier molecular flexibility index (Phi) is 4.66. The predicted octanol–water partition coefficient (Wildman–Crippen LogP) is 2.57. The molecule has 5 nitrogen and oxygen atoms in total. The summed E-state index contributed by atoms with van der Waals surface area (Å²) in [5, 5.41) is 0. The van der Waals surface area contributed by atoms with Gasteiger partial charge in [0, 0.05) is 17.3 Å². The highest BCUT2D eigenvalue weighted by Crippen LogP contribution is 2.25. The summed E-state index contributed by atoms with van der Waals surface area (Å²) in [4.78, 5) is 26.7. The second-order valence-corrected chi connectivity index (χ2v) is 4.40. The third-order valence-corrected chi connectivity index (χ3v) is 3.05. The van der Waals surface area contributed by atoms with Gasteiger partial charge < -0.3 is 9.47 Å². The first-order valence-electron chi connectivity index (χ1n) is 6.37. The van der Waals surface area contributed by atoms with Crippen LogP contribution in [0.2, 0.25) is 0 Å². The molecule has 0 unspecified atom stereocenters. The number of nitrogens with zero attached hydrogens (tertiary/aromatic N) is 1. The Labute approximate surface area is 122 Å². The van der Waals surface area contributed by atoms with Gasteiger partial charge in [-0.3, -0.25) is 4.79 Å². The monoisotopic (exact) mass is 285 g/mol. The summed E-state index contributed by atoms with van der Waals surface area (Å²) in [6.45, 7) is 1.98. The molecule has 0 bridgehead atoms. The van der Waals surface area contributed by atoms with Gasteiger partial charge >= 0.3 is 5.97 Å². The fourth-order valence-corrected chi connectivity index (χ4v) is 1.87. The van der Waals surface area contributed by atoms with Gasteiger partial charge in [-0.1, -0.05) is 30.3 Å². The number of carbonyl (C=O) groups is 2. The lowest BCUT2D eigenvalue weighted by Gasteiger charge is -2.13. The van der Waals surface area contributed by atoms with Crippen molar-refractivity contribution >= 4 is 12.3 Å². The number of pyridine rings is 1. The molecule has 0 atom stereocenters. The molecule has 1 heterocycles. The van der Waals surface area contributed by atoms with Crippen LogP contribution in [0.3, 0.4) is 0 Å². The SMILES string of the molecule is COC(=O)c1ncc(C=O)c(C)c1OCc1ccccc1. The Morgan fingerprint density at radius 3 is 2.62 bits per heavy atom. The fraction of sp³-hybridized carbons (Fsp3) is 0.188. The quantitative estimate of drug-likeness (QED) is 0.624. The van der Waals surface area contributed by atoms with Crippen molar-refractivity contribution in [2.45, 2.75) is 13.5 Å². The van der Waals surface area contributed by atoms with E-state index in [1.165, 1.54) is 13.3 Å². The highest BCUT2D eigenvalue weighted by Gasteiger charge is 2.19. The van der Waals surface area contributed by atoms with Crippen LogP contribution in [-0.2, 0) is 11.3 Å². The van der Waals surface area contributed by atoms with E-state index in [9.17, 15) is 9.59 Å². The Balaban J connectivity index is 2.35. The lowest BCUT2D eigenvalue weighted by atomic mass is 10.1. The third kappa shape index (κ3) is 3.25. The van der Waals surface area contributed by atoms with Gasteiger partial charge in [0.1, 0.15) is 6.61 Å². The first kappa shape index (κ1) is 14.7. The lowest BCUT2D eigenvalue weighted by molar-refractivity contribution is 0.0587.